The van der Waals surface area contributed by atoms with Gasteiger partial charge in [-0.15, -0.1) is 0 Å². The van der Waals surface area contributed by atoms with Crippen LogP contribution in [-0.4, -0.2) is 60.4 Å². The van der Waals surface area contributed by atoms with Crippen LogP contribution in [0.5, 0.6) is 5.75 Å². The average Bonchev–Trinajstić information content (AvgIpc) is 3.00. The molecule has 0 bridgehead atoms. The standard InChI is InChI=1S/C33H34FN3O4/c1-21-25(23-16-29(34)28(32(17-23)40-3)18-37-14-15-41-20-24(37)19-38)8-6-9-26(21)27-10-7-12-30(22(27)2)36-33(39)31-11-4-5-13-35-31/h4-13,16-17,24,38H,14-15,18-20H2,1-3H3,(H,36,39)/t24-/m1/s1. The SMILES string of the molecule is COc1cc(-c2cccc(-c3cccc(NC(=O)c4ccccn4)c3C)c2C)cc(F)c1CN1CCOC[C@H]1CO. The summed E-state index contributed by atoms with van der Waals surface area (Å²) in [6.45, 7) is 5.81. The van der Waals surface area contributed by atoms with Crippen LogP contribution < -0.4 is 10.1 Å². The first-order valence-corrected chi connectivity index (χ1v) is 13.6. The molecular weight excluding hydrogens is 521 g/mol. The Bertz CT molecular complexity index is 1540. The quantitative estimate of drug-likeness (QED) is 0.293. The third-order valence-electron chi connectivity index (χ3n) is 7.71. The van der Waals surface area contributed by atoms with Gasteiger partial charge in [-0.1, -0.05) is 36.4 Å². The molecule has 8 heteroatoms. The van der Waals surface area contributed by atoms with E-state index < -0.39 is 0 Å². The van der Waals surface area contributed by atoms with Gasteiger partial charge in [-0.25, -0.2) is 4.39 Å². The third kappa shape index (κ3) is 6.00. The van der Waals surface area contributed by atoms with E-state index in [1.807, 2.05) is 61.2 Å². The number of anilines is 1. The van der Waals surface area contributed by atoms with Crippen LogP contribution in [0.25, 0.3) is 22.3 Å². The van der Waals surface area contributed by atoms with Crippen molar-refractivity contribution in [2.45, 2.75) is 26.4 Å². The number of halogens is 1. The summed E-state index contributed by atoms with van der Waals surface area (Å²) in [5.41, 5.74) is 6.93. The minimum atomic E-state index is -0.359. The molecule has 1 fully saturated rings. The Labute approximate surface area is 239 Å². The van der Waals surface area contributed by atoms with Crippen molar-refractivity contribution in [1.29, 1.82) is 0 Å². The molecule has 212 valence electrons. The van der Waals surface area contributed by atoms with E-state index in [0.29, 0.717) is 54.6 Å². The maximum Gasteiger partial charge on any atom is 0.274 e. The second kappa shape index (κ2) is 12.6. The van der Waals surface area contributed by atoms with E-state index in [4.69, 9.17) is 9.47 Å². The molecule has 41 heavy (non-hydrogen) atoms. The van der Waals surface area contributed by atoms with Gasteiger partial charge in [-0.05, 0) is 77.6 Å². The number of methoxy groups -OCH3 is 1. The number of ether oxygens (including phenoxy) is 2. The number of carbonyl (C=O) groups is 1. The summed E-state index contributed by atoms with van der Waals surface area (Å²) < 4.78 is 26.8. The molecule has 1 atom stereocenters. The van der Waals surface area contributed by atoms with E-state index >= 15 is 4.39 Å². The predicted octanol–water partition coefficient (Wildman–Crippen LogP) is 5.63. The van der Waals surface area contributed by atoms with Gasteiger partial charge in [0.15, 0.2) is 0 Å². The fraction of sp³-hybridized carbons (Fsp3) is 0.273. The molecule has 1 amide bonds. The fourth-order valence-electron chi connectivity index (χ4n) is 5.36. The number of pyridine rings is 1. The zero-order valence-electron chi connectivity index (χ0n) is 23.5. The highest BCUT2D eigenvalue weighted by molar-refractivity contribution is 6.03. The molecule has 2 N–H and O–H groups in total. The van der Waals surface area contributed by atoms with Gasteiger partial charge in [0.1, 0.15) is 17.3 Å². The number of benzene rings is 3. The lowest BCUT2D eigenvalue weighted by Crippen LogP contribution is -2.47. The van der Waals surface area contributed by atoms with E-state index in [0.717, 1.165) is 27.8 Å². The molecule has 0 aliphatic carbocycles. The number of hydrogen-bond donors (Lipinski definition) is 2. The molecular formula is C33H34FN3O4. The van der Waals surface area contributed by atoms with Gasteiger partial charge in [0.2, 0.25) is 0 Å². The Morgan fingerprint density at radius 1 is 1.07 bits per heavy atom. The number of aliphatic hydroxyl groups excluding tert-OH is 1. The van der Waals surface area contributed by atoms with Crippen molar-refractivity contribution in [3.05, 3.63) is 101 Å². The number of hydrogen-bond acceptors (Lipinski definition) is 6. The molecule has 0 radical (unpaired) electrons. The normalized spacial score (nSPS) is 15.5. The van der Waals surface area contributed by atoms with Crippen molar-refractivity contribution in [2.75, 3.05) is 38.8 Å². The number of carbonyl (C=O) groups excluding carboxylic acids is 1. The van der Waals surface area contributed by atoms with E-state index in [1.54, 1.807) is 37.6 Å². The topological polar surface area (TPSA) is 83.9 Å². The Morgan fingerprint density at radius 3 is 2.56 bits per heavy atom. The van der Waals surface area contributed by atoms with Crippen LogP contribution in [0.3, 0.4) is 0 Å². The molecule has 4 aromatic rings. The summed E-state index contributed by atoms with van der Waals surface area (Å²) in [5, 5.41) is 12.7. The van der Waals surface area contributed by atoms with Crippen LogP contribution in [0, 0.1) is 19.7 Å². The van der Waals surface area contributed by atoms with Gasteiger partial charge in [0.05, 0.1) is 33.0 Å². The molecule has 1 aliphatic rings. The summed E-state index contributed by atoms with van der Waals surface area (Å²) in [4.78, 5) is 18.9. The lowest BCUT2D eigenvalue weighted by molar-refractivity contribution is -0.0318. The summed E-state index contributed by atoms with van der Waals surface area (Å²) in [5.74, 6) is -0.174. The van der Waals surface area contributed by atoms with Crippen LogP contribution >= 0.6 is 0 Å². The third-order valence-corrected chi connectivity index (χ3v) is 7.71. The number of nitrogens with zero attached hydrogens (tertiary/aromatic N) is 2. The van der Waals surface area contributed by atoms with E-state index in [-0.39, 0.29) is 24.4 Å². The molecule has 2 heterocycles. The van der Waals surface area contributed by atoms with Crippen LogP contribution in [0.15, 0.2) is 72.9 Å². The Balaban J connectivity index is 1.47. The van der Waals surface area contributed by atoms with Crippen LogP contribution in [0.2, 0.25) is 0 Å². The van der Waals surface area contributed by atoms with Gasteiger partial charge in [0.25, 0.3) is 5.91 Å². The first-order chi connectivity index (χ1) is 19.9. The Kier molecular flexibility index (Phi) is 8.73. The van der Waals surface area contributed by atoms with Gasteiger partial charge < -0.3 is 19.9 Å². The predicted molar refractivity (Wildman–Crippen MR) is 158 cm³/mol. The highest BCUT2D eigenvalue weighted by Gasteiger charge is 2.25. The number of amides is 1. The summed E-state index contributed by atoms with van der Waals surface area (Å²) in [6.07, 6.45) is 1.59. The van der Waals surface area contributed by atoms with Crippen LogP contribution in [-0.2, 0) is 11.3 Å². The van der Waals surface area contributed by atoms with Crippen molar-refractivity contribution in [2.24, 2.45) is 0 Å². The van der Waals surface area contributed by atoms with Crippen molar-refractivity contribution in [3.8, 4) is 28.0 Å². The summed E-state index contributed by atoms with van der Waals surface area (Å²) >= 11 is 0. The minimum Gasteiger partial charge on any atom is -0.496 e. The molecule has 0 saturated carbocycles. The van der Waals surface area contributed by atoms with E-state index in [9.17, 15) is 9.90 Å². The number of rotatable bonds is 8. The molecule has 1 saturated heterocycles. The van der Waals surface area contributed by atoms with Gasteiger partial charge in [0, 0.05) is 30.5 Å². The van der Waals surface area contributed by atoms with Crippen LogP contribution in [0.4, 0.5) is 10.1 Å². The van der Waals surface area contributed by atoms with Crippen LogP contribution in [0.1, 0.15) is 27.2 Å². The monoisotopic (exact) mass is 555 g/mol. The first kappa shape index (κ1) is 28.4. The number of aliphatic hydroxyl groups is 1. The minimum absolute atomic E-state index is 0.0541. The maximum absolute atomic E-state index is 15.7. The van der Waals surface area contributed by atoms with Gasteiger partial charge >= 0.3 is 0 Å². The molecule has 1 aromatic heterocycles. The van der Waals surface area contributed by atoms with Crippen molar-refractivity contribution >= 4 is 11.6 Å². The largest absolute Gasteiger partial charge is 0.496 e. The molecule has 7 nitrogen and oxygen atoms in total. The maximum atomic E-state index is 15.7. The van der Waals surface area contributed by atoms with Crippen molar-refractivity contribution < 1.29 is 23.8 Å². The van der Waals surface area contributed by atoms with Gasteiger partial charge in [-0.3, -0.25) is 14.7 Å². The second-order valence-electron chi connectivity index (χ2n) is 10.1. The molecule has 0 spiro atoms. The smallest absolute Gasteiger partial charge is 0.274 e. The number of morpholine rings is 1. The average molecular weight is 556 g/mol. The zero-order chi connectivity index (χ0) is 28.9. The second-order valence-corrected chi connectivity index (χ2v) is 10.1. The first-order valence-electron chi connectivity index (χ1n) is 13.6. The number of aromatic nitrogens is 1. The highest BCUT2D eigenvalue weighted by atomic mass is 19.1. The summed E-state index contributed by atoms with van der Waals surface area (Å²) in [6, 6.07) is 20.2. The molecule has 1 aliphatic heterocycles. The lowest BCUT2D eigenvalue weighted by Gasteiger charge is -2.34. The molecule has 0 unspecified atom stereocenters. The highest BCUT2D eigenvalue weighted by Crippen LogP contribution is 2.38. The van der Waals surface area contributed by atoms with E-state index in [1.165, 1.54) is 0 Å². The Hall–Kier alpha value is -4.11. The van der Waals surface area contributed by atoms with Gasteiger partial charge in [-0.2, -0.15) is 0 Å². The van der Waals surface area contributed by atoms with Crippen molar-refractivity contribution in [1.82, 2.24) is 9.88 Å². The summed E-state index contributed by atoms with van der Waals surface area (Å²) in [7, 11) is 1.54. The van der Waals surface area contributed by atoms with E-state index in [2.05, 4.69) is 10.3 Å². The lowest BCUT2D eigenvalue weighted by atomic mass is 9.90. The number of nitrogens with one attached hydrogen (secondary N) is 1. The Morgan fingerprint density at radius 2 is 1.83 bits per heavy atom. The van der Waals surface area contributed by atoms with Crippen molar-refractivity contribution in [3.63, 3.8) is 0 Å². The molecule has 5 rings (SSSR count). The fourth-order valence-corrected chi connectivity index (χ4v) is 5.36. The molecule has 3 aromatic carbocycles. The zero-order valence-corrected chi connectivity index (χ0v) is 23.5.